The van der Waals surface area contributed by atoms with Gasteiger partial charge in [-0.1, -0.05) is 13.0 Å². The molecule has 0 saturated heterocycles. The van der Waals surface area contributed by atoms with Gasteiger partial charge in [0.1, 0.15) is 5.82 Å². The van der Waals surface area contributed by atoms with E-state index in [1.807, 2.05) is 6.92 Å². The molecule has 31 heavy (non-hydrogen) atoms. The summed E-state index contributed by atoms with van der Waals surface area (Å²) in [5.41, 5.74) is 8.00. The lowest BCUT2D eigenvalue weighted by Crippen LogP contribution is -2.15. The molecule has 0 atom stereocenters. The summed E-state index contributed by atoms with van der Waals surface area (Å²) in [6, 6.07) is 13.3. The number of carbonyl (C=O) groups excluding carboxylic acids is 2. The van der Waals surface area contributed by atoms with Gasteiger partial charge in [0.25, 0.3) is 5.91 Å². The quantitative estimate of drug-likeness (QED) is 0.389. The molecule has 8 nitrogen and oxygen atoms in total. The number of halogens is 1. The number of primary amides is 1. The summed E-state index contributed by atoms with van der Waals surface area (Å²) in [6.07, 6.45) is 2.62. The Morgan fingerprint density at radius 1 is 1.10 bits per heavy atom. The predicted molar refractivity (Wildman–Crippen MR) is 118 cm³/mol. The molecule has 0 fully saturated rings. The van der Waals surface area contributed by atoms with Gasteiger partial charge in [-0.15, -0.1) is 0 Å². The number of nitrogens with two attached hydrogens (primary N) is 1. The van der Waals surface area contributed by atoms with E-state index in [2.05, 4.69) is 25.9 Å². The van der Waals surface area contributed by atoms with E-state index in [1.165, 1.54) is 12.3 Å². The second-order valence-electron chi connectivity index (χ2n) is 6.79. The molecule has 0 unspecified atom stereocenters. The Labute approximate surface area is 179 Å². The number of hydrogen-bond acceptors (Lipinski definition) is 6. The minimum absolute atomic E-state index is 0.0320. The Hall–Kier alpha value is -4.01. The first-order chi connectivity index (χ1) is 14.9. The van der Waals surface area contributed by atoms with Gasteiger partial charge in [0.2, 0.25) is 11.9 Å². The van der Waals surface area contributed by atoms with Crippen LogP contribution >= 0.6 is 0 Å². The third kappa shape index (κ3) is 6.23. The molecule has 3 aromatic rings. The Morgan fingerprint density at radius 3 is 2.52 bits per heavy atom. The summed E-state index contributed by atoms with van der Waals surface area (Å²) in [7, 11) is 0. The number of carbonyl (C=O) groups is 2. The highest BCUT2D eigenvalue weighted by Gasteiger charge is 2.11. The minimum Gasteiger partial charge on any atom is -0.379 e. The number of nitrogens with one attached hydrogen (secondary N) is 3. The maximum Gasteiger partial charge on any atom is 0.252 e. The summed E-state index contributed by atoms with van der Waals surface area (Å²) in [5.74, 6) is -0.778. The summed E-state index contributed by atoms with van der Waals surface area (Å²) >= 11 is 0. The smallest absolute Gasteiger partial charge is 0.252 e. The van der Waals surface area contributed by atoms with Crippen LogP contribution in [-0.2, 0) is 11.3 Å². The van der Waals surface area contributed by atoms with E-state index < -0.39 is 11.9 Å². The highest BCUT2D eigenvalue weighted by atomic mass is 19.1. The van der Waals surface area contributed by atoms with Gasteiger partial charge >= 0.3 is 0 Å². The third-order valence-corrected chi connectivity index (χ3v) is 4.32. The van der Waals surface area contributed by atoms with Crippen LogP contribution in [0.25, 0.3) is 0 Å². The van der Waals surface area contributed by atoms with Gasteiger partial charge in [-0.25, -0.2) is 9.97 Å². The van der Waals surface area contributed by atoms with Crippen molar-refractivity contribution in [3.8, 4) is 0 Å². The van der Waals surface area contributed by atoms with Gasteiger partial charge in [0, 0.05) is 30.1 Å². The number of anilines is 4. The van der Waals surface area contributed by atoms with Crippen LogP contribution in [0.1, 0.15) is 35.8 Å². The Morgan fingerprint density at radius 2 is 1.84 bits per heavy atom. The van der Waals surface area contributed by atoms with Gasteiger partial charge in [0.15, 0.2) is 0 Å². The molecule has 2 amide bonds. The van der Waals surface area contributed by atoms with Crippen molar-refractivity contribution in [2.45, 2.75) is 26.3 Å². The molecule has 1 aromatic carbocycles. The summed E-state index contributed by atoms with van der Waals surface area (Å²) in [6.45, 7) is 2.15. The summed E-state index contributed by atoms with van der Waals surface area (Å²) in [4.78, 5) is 31.4. The van der Waals surface area contributed by atoms with Crippen molar-refractivity contribution in [3.63, 3.8) is 0 Å². The lowest BCUT2D eigenvalue weighted by atomic mass is 10.2. The van der Waals surface area contributed by atoms with Crippen molar-refractivity contribution in [3.05, 3.63) is 71.9 Å². The fourth-order valence-corrected chi connectivity index (χ4v) is 2.84. The van der Waals surface area contributed by atoms with Crippen molar-refractivity contribution >= 4 is 34.7 Å². The molecule has 9 heteroatoms. The minimum atomic E-state index is -0.638. The summed E-state index contributed by atoms with van der Waals surface area (Å²) < 4.78 is 13.3. The molecular formula is C22H23FN6O2. The monoisotopic (exact) mass is 422 g/mol. The van der Waals surface area contributed by atoms with Crippen molar-refractivity contribution < 1.29 is 14.0 Å². The molecular weight excluding hydrogens is 399 g/mol. The normalized spacial score (nSPS) is 10.4. The van der Waals surface area contributed by atoms with E-state index in [9.17, 15) is 14.0 Å². The van der Waals surface area contributed by atoms with Crippen LogP contribution in [0.15, 0.2) is 54.7 Å². The van der Waals surface area contributed by atoms with E-state index in [4.69, 9.17) is 5.73 Å². The van der Waals surface area contributed by atoms with E-state index in [0.717, 1.165) is 12.1 Å². The largest absolute Gasteiger partial charge is 0.379 e. The van der Waals surface area contributed by atoms with E-state index in [-0.39, 0.29) is 18.0 Å². The third-order valence-electron chi connectivity index (χ3n) is 4.32. The molecule has 0 bridgehead atoms. The summed E-state index contributed by atoms with van der Waals surface area (Å²) in [5, 5.41) is 9.00. The first kappa shape index (κ1) is 21.7. The van der Waals surface area contributed by atoms with E-state index in [1.54, 1.807) is 42.5 Å². The van der Waals surface area contributed by atoms with Crippen LogP contribution in [-0.4, -0.2) is 21.8 Å². The van der Waals surface area contributed by atoms with Crippen molar-refractivity contribution in [1.82, 2.24) is 9.97 Å². The maximum absolute atomic E-state index is 13.3. The Kier molecular flexibility index (Phi) is 7.10. The van der Waals surface area contributed by atoms with Crippen molar-refractivity contribution in [2.75, 3.05) is 16.0 Å². The lowest BCUT2D eigenvalue weighted by molar-refractivity contribution is -0.116. The standard InChI is InChI=1S/C22H23FN6O2/c1-2-4-21(30)29-15-9-7-14(8-10-15)28-20-11-18(17(13-26-20)22(24)31)25-12-16-5-3-6-19(23)27-16/h3,5-11,13H,2,4,12H2,1H3,(H2,24,31)(H,29,30)(H2,25,26,28). The predicted octanol–water partition coefficient (Wildman–Crippen LogP) is 3.81. The second-order valence-corrected chi connectivity index (χ2v) is 6.79. The van der Waals surface area contributed by atoms with E-state index in [0.29, 0.717) is 29.3 Å². The molecule has 0 spiro atoms. The van der Waals surface area contributed by atoms with Crippen molar-refractivity contribution in [2.24, 2.45) is 5.73 Å². The van der Waals surface area contributed by atoms with Crippen LogP contribution in [0.2, 0.25) is 0 Å². The van der Waals surface area contributed by atoms with Gasteiger partial charge in [-0.05, 0) is 42.8 Å². The van der Waals surface area contributed by atoms with Crippen LogP contribution in [0, 0.1) is 5.95 Å². The van der Waals surface area contributed by atoms with Gasteiger partial charge in [-0.3, -0.25) is 9.59 Å². The molecule has 0 aliphatic carbocycles. The molecule has 160 valence electrons. The molecule has 3 rings (SSSR count). The molecule has 0 aliphatic heterocycles. The molecule has 0 aliphatic rings. The molecule has 0 radical (unpaired) electrons. The fraction of sp³-hybridized carbons (Fsp3) is 0.182. The molecule has 2 heterocycles. The average Bonchev–Trinajstić information content (AvgIpc) is 2.74. The topological polar surface area (TPSA) is 122 Å². The Bertz CT molecular complexity index is 1070. The van der Waals surface area contributed by atoms with E-state index >= 15 is 0 Å². The second kappa shape index (κ2) is 10.1. The van der Waals surface area contributed by atoms with Crippen LogP contribution in [0.5, 0.6) is 0 Å². The van der Waals surface area contributed by atoms with Crippen LogP contribution < -0.4 is 21.7 Å². The first-order valence-electron chi connectivity index (χ1n) is 9.76. The van der Waals surface area contributed by atoms with Crippen molar-refractivity contribution in [1.29, 1.82) is 0 Å². The highest BCUT2D eigenvalue weighted by Crippen LogP contribution is 2.23. The van der Waals surface area contributed by atoms with Gasteiger partial charge < -0.3 is 21.7 Å². The number of nitrogens with zero attached hydrogens (tertiary/aromatic N) is 2. The number of rotatable bonds is 9. The first-order valence-corrected chi connectivity index (χ1v) is 9.76. The number of hydrogen-bond donors (Lipinski definition) is 4. The zero-order chi connectivity index (χ0) is 22.2. The number of aromatic nitrogens is 2. The number of pyridine rings is 2. The van der Waals surface area contributed by atoms with Crippen LogP contribution in [0.4, 0.5) is 27.3 Å². The maximum atomic E-state index is 13.3. The molecule has 2 aromatic heterocycles. The zero-order valence-electron chi connectivity index (χ0n) is 17.0. The highest BCUT2D eigenvalue weighted by molar-refractivity contribution is 5.98. The average molecular weight is 422 g/mol. The number of benzene rings is 1. The Balaban J connectivity index is 1.72. The molecule has 5 N–H and O–H groups in total. The van der Waals surface area contributed by atoms with Gasteiger partial charge in [0.05, 0.1) is 23.5 Å². The SMILES string of the molecule is CCCC(=O)Nc1ccc(Nc2cc(NCc3cccc(F)n3)c(C(N)=O)cn2)cc1. The van der Waals surface area contributed by atoms with Gasteiger partial charge in [-0.2, -0.15) is 4.39 Å². The zero-order valence-corrected chi connectivity index (χ0v) is 17.0. The lowest BCUT2D eigenvalue weighted by Gasteiger charge is -2.13. The number of amides is 2. The molecule has 0 saturated carbocycles. The van der Waals surface area contributed by atoms with Crippen LogP contribution in [0.3, 0.4) is 0 Å². The fourth-order valence-electron chi connectivity index (χ4n) is 2.84.